The number of piperazine rings is 1. The zero-order valence-corrected chi connectivity index (χ0v) is 23.1. The van der Waals surface area contributed by atoms with Gasteiger partial charge < -0.3 is 24.6 Å². The van der Waals surface area contributed by atoms with Gasteiger partial charge in [-0.2, -0.15) is 0 Å². The van der Waals surface area contributed by atoms with Crippen LogP contribution in [0.15, 0.2) is 29.3 Å². The van der Waals surface area contributed by atoms with Crippen molar-refractivity contribution < 1.29 is 9.47 Å². The lowest BCUT2D eigenvalue weighted by molar-refractivity contribution is 0.0625. The van der Waals surface area contributed by atoms with E-state index in [1.54, 1.807) is 7.11 Å². The SMILES string of the molecule is CCNC(=NCCCN1CCN(c2ccc(OC)cc2)CC1)N(C)CCC1CCOCC1.I. The van der Waals surface area contributed by atoms with Gasteiger partial charge in [0.2, 0.25) is 0 Å². The molecular formula is C25H44IN5O2. The van der Waals surface area contributed by atoms with Gasteiger partial charge in [-0.05, 0) is 62.8 Å². The summed E-state index contributed by atoms with van der Waals surface area (Å²) in [6, 6.07) is 8.40. The maximum absolute atomic E-state index is 5.48. The number of methoxy groups -OCH3 is 1. The Kier molecular flexibility index (Phi) is 13.2. The highest BCUT2D eigenvalue weighted by Crippen LogP contribution is 2.21. The molecule has 2 fully saturated rings. The molecule has 0 radical (unpaired) electrons. The van der Waals surface area contributed by atoms with Crippen LogP contribution in [-0.4, -0.2) is 95.5 Å². The number of rotatable bonds is 10. The Morgan fingerprint density at radius 3 is 2.48 bits per heavy atom. The van der Waals surface area contributed by atoms with E-state index in [1.165, 1.54) is 24.9 Å². The third-order valence-electron chi connectivity index (χ3n) is 6.61. The van der Waals surface area contributed by atoms with Crippen LogP contribution in [-0.2, 0) is 4.74 Å². The topological polar surface area (TPSA) is 52.6 Å². The van der Waals surface area contributed by atoms with E-state index in [-0.39, 0.29) is 24.0 Å². The second-order valence-corrected chi connectivity index (χ2v) is 8.88. The molecule has 0 spiro atoms. The first kappa shape index (κ1) is 28.0. The summed E-state index contributed by atoms with van der Waals surface area (Å²) in [5.74, 6) is 2.76. The maximum Gasteiger partial charge on any atom is 0.193 e. The largest absolute Gasteiger partial charge is 0.497 e. The molecule has 0 bridgehead atoms. The molecule has 2 saturated heterocycles. The normalized spacial score (nSPS) is 18.0. The smallest absolute Gasteiger partial charge is 0.193 e. The first-order valence-corrected chi connectivity index (χ1v) is 12.4. The number of halogens is 1. The van der Waals surface area contributed by atoms with E-state index in [0.717, 1.165) is 89.6 Å². The number of nitrogens with zero attached hydrogens (tertiary/aromatic N) is 4. The Morgan fingerprint density at radius 2 is 1.85 bits per heavy atom. The number of benzene rings is 1. The fourth-order valence-electron chi connectivity index (χ4n) is 4.49. The Hall–Kier alpha value is -1.26. The van der Waals surface area contributed by atoms with Gasteiger partial charge >= 0.3 is 0 Å². The van der Waals surface area contributed by atoms with Gasteiger partial charge in [-0.15, -0.1) is 24.0 Å². The number of ether oxygens (including phenoxy) is 2. The van der Waals surface area contributed by atoms with Gasteiger partial charge in [0.15, 0.2) is 5.96 Å². The van der Waals surface area contributed by atoms with Crippen molar-refractivity contribution in [2.45, 2.75) is 32.6 Å². The van der Waals surface area contributed by atoms with E-state index in [4.69, 9.17) is 14.5 Å². The van der Waals surface area contributed by atoms with E-state index < -0.39 is 0 Å². The van der Waals surface area contributed by atoms with Gasteiger partial charge in [0.25, 0.3) is 0 Å². The fraction of sp³-hybridized carbons (Fsp3) is 0.720. The Morgan fingerprint density at radius 1 is 1.15 bits per heavy atom. The summed E-state index contributed by atoms with van der Waals surface area (Å²) < 4.78 is 10.8. The summed E-state index contributed by atoms with van der Waals surface area (Å²) in [5.41, 5.74) is 1.29. The quantitative estimate of drug-likeness (QED) is 0.200. The van der Waals surface area contributed by atoms with Crippen LogP contribution in [0.5, 0.6) is 5.75 Å². The minimum Gasteiger partial charge on any atom is -0.497 e. The van der Waals surface area contributed by atoms with Crippen molar-refractivity contribution in [3.8, 4) is 5.75 Å². The van der Waals surface area contributed by atoms with Gasteiger partial charge in [0.1, 0.15) is 5.75 Å². The predicted octanol–water partition coefficient (Wildman–Crippen LogP) is 3.54. The Balaban J connectivity index is 0.00000385. The summed E-state index contributed by atoms with van der Waals surface area (Å²) in [5, 5.41) is 3.46. The highest BCUT2D eigenvalue weighted by molar-refractivity contribution is 14.0. The van der Waals surface area contributed by atoms with Crippen molar-refractivity contribution >= 4 is 35.6 Å². The van der Waals surface area contributed by atoms with Gasteiger partial charge in [0.05, 0.1) is 7.11 Å². The van der Waals surface area contributed by atoms with Crippen LogP contribution in [0.25, 0.3) is 0 Å². The van der Waals surface area contributed by atoms with Gasteiger partial charge in [-0.1, -0.05) is 0 Å². The summed E-state index contributed by atoms with van der Waals surface area (Å²) in [6.07, 6.45) is 4.73. The molecule has 3 rings (SSSR count). The molecule has 0 amide bonds. The minimum atomic E-state index is 0. The number of hydrogen-bond donors (Lipinski definition) is 1. The third-order valence-corrected chi connectivity index (χ3v) is 6.61. The molecule has 0 saturated carbocycles. The van der Waals surface area contributed by atoms with Crippen LogP contribution < -0.4 is 15.0 Å². The molecule has 8 heteroatoms. The van der Waals surface area contributed by atoms with Gasteiger partial charge in [0, 0.05) is 78.3 Å². The Bertz CT molecular complexity index is 674. The molecule has 2 aliphatic rings. The van der Waals surface area contributed by atoms with Crippen molar-refractivity contribution in [1.29, 1.82) is 0 Å². The fourth-order valence-corrected chi connectivity index (χ4v) is 4.49. The highest BCUT2D eigenvalue weighted by atomic mass is 127. The molecule has 0 aliphatic carbocycles. The molecule has 188 valence electrons. The van der Waals surface area contributed by atoms with Crippen molar-refractivity contribution in [3.63, 3.8) is 0 Å². The molecule has 7 nitrogen and oxygen atoms in total. The third kappa shape index (κ3) is 9.48. The molecule has 0 atom stereocenters. The molecule has 1 aromatic carbocycles. The maximum atomic E-state index is 5.48. The van der Waals surface area contributed by atoms with Crippen LogP contribution in [0, 0.1) is 5.92 Å². The first-order chi connectivity index (χ1) is 15.7. The van der Waals surface area contributed by atoms with Gasteiger partial charge in [-0.25, -0.2) is 0 Å². The minimum absolute atomic E-state index is 0. The molecule has 0 unspecified atom stereocenters. The Labute approximate surface area is 217 Å². The summed E-state index contributed by atoms with van der Waals surface area (Å²) in [4.78, 5) is 12.2. The van der Waals surface area contributed by atoms with Crippen LogP contribution in [0.4, 0.5) is 5.69 Å². The van der Waals surface area contributed by atoms with Crippen molar-refractivity contribution in [2.75, 3.05) is 84.6 Å². The van der Waals surface area contributed by atoms with E-state index in [0.29, 0.717) is 0 Å². The van der Waals surface area contributed by atoms with Crippen molar-refractivity contribution in [3.05, 3.63) is 24.3 Å². The second kappa shape index (κ2) is 15.6. The number of anilines is 1. The first-order valence-electron chi connectivity index (χ1n) is 12.4. The standard InChI is InChI=1S/C25H43N5O2.HI/c1-4-26-25(28(2)15-10-22-11-20-32-21-12-22)27-13-5-14-29-16-18-30(19-17-29)23-6-8-24(31-3)9-7-23;/h6-9,22H,4-5,10-21H2,1-3H3,(H,26,27);1H. The number of hydrogen-bond acceptors (Lipinski definition) is 5. The molecule has 33 heavy (non-hydrogen) atoms. The molecular weight excluding hydrogens is 529 g/mol. The summed E-state index contributed by atoms with van der Waals surface area (Å²) in [7, 11) is 3.88. The molecule has 1 N–H and O–H groups in total. The van der Waals surface area contributed by atoms with E-state index >= 15 is 0 Å². The molecule has 2 heterocycles. The second-order valence-electron chi connectivity index (χ2n) is 8.88. The van der Waals surface area contributed by atoms with Crippen LogP contribution in [0.2, 0.25) is 0 Å². The summed E-state index contributed by atoms with van der Waals surface area (Å²) >= 11 is 0. The van der Waals surface area contributed by atoms with Gasteiger partial charge in [-0.3, -0.25) is 9.89 Å². The van der Waals surface area contributed by atoms with E-state index in [9.17, 15) is 0 Å². The molecule has 0 aromatic heterocycles. The van der Waals surface area contributed by atoms with Crippen molar-refractivity contribution in [1.82, 2.24) is 15.1 Å². The van der Waals surface area contributed by atoms with E-state index in [1.807, 2.05) is 12.1 Å². The summed E-state index contributed by atoms with van der Waals surface area (Å²) in [6.45, 7) is 12.3. The number of guanidine groups is 1. The van der Waals surface area contributed by atoms with Crippen LogP contribution in [0.3, 0.4) is 0 Å². The monoisotopic (exact) mass is 573 g/mol. The molecule has 1 aromatic rings. The number of aliphatic imine (C=N–C) groups is 1. The van der Waals surface area contributed by atoms with Crippen LogP contribution in [0.1, 0.15) is 32.6 Å². The predicted molar refractivity (Wildman–Crippen MR) is 148 cm³/mol. The van der Waals surface area contributed by atoms with Crippen LogP contribution >= 0.6 is 24.0 Å². The lowest BCUT2D eigenvalue weighted by Crippen LogP contribution is -2.46. The number of nitrogens with one attached hydrogen (secondary N) is 1. The lowest BCUT2D eigenvalue weighted by atomic mass is 9.96. The van der Waals surface area contributed by atoms with E-state index in [2.05, 4.69) is 46.1 Å². The highest BCUT2D eigenvalue weighted by Gasteiger charge is 2.17. The average molecular weight is 574 g/mol. The zero-order valence-electron chi connectivity index (χ0n) is 20.8. The zero-order chi connectivity index (χ0) is 22.6. The molecule has 2 aliphatic heterocycles. The lowest BCUT2D eigenvalue weighted by Gasteiger charge is -2.36. The average Bonchev–Trinajstić information content (AvgIpc) is 2.85. The van der Waals surface area contributed by atoms with Crippen molar-refractivity contribution in [2.24, 2.45) is 10.9 Å².